The van der Waals surface area contributed by atoms with Crippen molar-refractivity contribution in [3.63, 3.8) is 0 Å². The minimum atomic E-state index is -0.610. The number of carbonyl (C=O) groups is 3. The molecule has 0 aromatic heterocycles. The molecule has 3 aliphatic rings. The summed E-state index contributed by atoms with van der Waals surface area (Å²) in [4.78, 5) is 42.3. The van der Waals surface area contributed by atoms with Crippen LogP contribution >= 0.6 is 0 Å². The van der Waals surface area contributed by atoms with Gasteiger partial charge in [0.2, 0.25) is 6.79 Å². The number of hydrogen-bond donors (Lipinski definition) is 0. The van der Waals surface area contributed by atoms with Crippen LogP contribution < -0.4 is 14.4 Å². The Hall–Kier alpha value is -3.61. The standard InChI is InChI=1S/C23H20N2O5/c26-21(11-9-15-8-10-19-20(13-15)30-14-29-19)25-17-6-2-1-5-16(17)22(27)24-12-4-3-7-18(24)23(25)28/h1-2,5-6,8-11,13,18H,3-4,7,12,14H2/b11-9+. The SMILES string of the molecule is O=C(/C=C/c1ccc2c(c1)OCO2)N1C(=O)C2CCCCN2C(=O)c2ccccc21. The normalized spacial score (nSPS) is 20.2. The number of ether oxygens (including phenoxy) is 2. The molecule has 0 spiro atoms. The fourth-order valence-corrected chi connectivity index (χ4v) is 4.19. The molecule has 2 aromatic carbocycles. The predicted octanol–water partition coefficient (Wildman–Crippen LogP) is 3.00. The summed E-state index contributed by atoms with van der Waals surface area (Å²) in [5, 5.41) is 0. The highest BCUT2D eigenvalue weighted by Crippen LogP contribution is 2.34. The Labute approximate surface area is 173 Å². The molecule has 1 atom stereocenters. The first-order valence-corrected chi connectivity index (χ1v) is 9.99. The molecule has 5 rings (SSSR count). The molecule has 3 aliphatic heterocycles. The average Bonchev–Trinajstić information content (AvgIpc) is 3.22. The summed E-state index contributed by atoms with van der Waals surface area (Å²) in [6.45, 7) is 0.699. The Morgan fingerprint density at radius 1 is 1.03 bits per heavy atom. The van der Waals surface area contributed by atoms with Gasteiger partial charge in [0.15, 0.2) is 11.5 Å². The lowest BCUT2D eigenvalue weighted by molar-refractivity contribution is -0.128. The summed E-state index contributed by atoms with van der Waals surface area (Å²) in [6, 6.07) is 11.5. The quantitative estimate of drug-likeness (QED) is 0.720. The monoisotopic (exact) mass is 404 g/mol. The fraction of sp³-hybridized carbons (Fsp3) is 0.261. The van der Waals surface area contributed by atoms with Crippen LogP contribution in [0, 0.1) is 0 Å². The number of rotatable bonds is 2. The minimum absolute atomic E-state index is 0.173. The van der Waals surface area contributed by atoms with Crippen molar-refractivity contribution in [3.8, 4) is 11.5 Å². The molecule has 152 valence electrons. The number of anilines is 1. The first kappa shape index (κ1) is 18.4. The van der Waals surface area contributed by atoms with E-state index in [4.69, 9.17) is 9.47 Å². The molecule has 3 heterocycles. The van der Waals surface area contributed by atoms with E-state index in [1.807, 2.05) is 6.07 Å². The van der Waals surface area contributed by atoms with Gasteiger partial charge in [-0.15, -0.1) is 0 Å². The summed E-state index contributed by atoms with van der Waals surface area (Å²) >= 11 is 0. The molecule has 7 nitrogen and oxygen atoms in total. The lowest BCUT2D eigenvalue weighted by atomic mass is 10.0. The van der Waals surface area contributed by atoms with Gasteiger partial charge in [-0.1, -0.05) is 18.2 Å². The second-order valence-corrected chi connectivity index (χ2v) is 7.49. The highest BCUT2D eigenvalue weighted by molar-refractivity contribution is 6.25. The van der Waals surface area contributed by atoms with Gasteiger partial charge in [0.05, 0.1) is 11.3 Å². The van der Waals surface area contributed by atoms with E-state index < -0.39 is 11.9 Å². The van der Waals surface area contributed by atoms with Crippen molar-refractivity contribution >= 4 is 29.5 Å². The fourth-order valence-electron chi connectivity index (χ4n) is 4.19. The highest BCUT2D eigenvalue weighted by atomic mass is 16.7. The van der Waals surface area contributed by atoms with Crippen LogP contribution in [0.25, 0.3) is 6.08 Å². The molecule has 0 saturated carbocycles. The largest absolute Gasteiger partial charge is 0.454 e. The van der Waals surface area contributed by atoms with Gasteiger partial charge in [0.25, 0.3) is 17.7 Å². The van der Waals surface area contributed by atoms with E-state index in [1.165, 1.54) is 6.08 Å². The van der Waals surface area contributed by atoms with E-state index in [0.717, 1.165) is 23.3 Å². The molecule has 0 N–H and O–H groups in total. The number of piperidine rings is 1. The molecule has 0 aliphatic carbocycles. The Balaban J connectivity index is 1.50. The topological polar surface area (TPSA) is 76.2 Å². The highest BCUT2D eigenvalue weighted by Gasteiger charge is 2.42. The molecular weight excluding hydrogens is 384 g/mol. The number of fused-ring (bicyclic) bond motifs is 3. The van der Waals surface area contributed by atoms with E-state index in [-0.39, 0.29) is 18.6 Å². The van der Waals surface area contributed by atoms with Crippen LogP contribution in [0.2, 0.25) is 0 Å². The zero-order valence-electron chi connectivity index (χ0n) is 16.2. The Morgan fingerprint density at radius 2 is 1.87 bits per heavy atom. The molecule has 7 heteroatoms. The number of hydrogen-bond acceptors (Lipinski definition) is 5. The summed E-state index contributed by atoms with van der Waals surface area (Å²) < 4.78 is 10.7. The van der Waals surface area contributed by atoms with Crippen molar-refractivity contribution in [1.82, 2.24) is 4.90 Å². The molecular formula is C23H20N2O5. The molecule has 2 aromatic rings. The lowest BCUT2D eigenvalue weighted by Crippen LogP contribution is -2.51. The molecule has 3 amide bonds. The van der Waals surface area contributed by atoms with Crippen molar-refractivity contribution in [2.75, 3.05) is 18.2 Å². The number of carbonyl (C=O) groups excluding carboxylic acids is 3. The minimum Gasteiger partial charge on any atom is -0.454 e. The summed E-state index contributed by atoms with van der Waals surface area (Å²) in [5.41, 5.74) is 1.46. The molecule has 1 fully saturated rings. The third kappa shape index (κ3) is 3.03. The number of imide groups is 1. The predicted molar refractivity (Wildman–Crippen MR) is 109 cm³/mol. The van der Waals surface area contributed by atoms with Crippen LogP contribution in [0.3, 0.4) is 0 Å². The van der Waals surface area contributed by atoms with Gasteiger partial charge in [0.1, 0.15) is 6.04 Å². The Bertz CT molecular complexity index is 1080. The van der Waals surface area contributed by atoms with Crippen LogP contribution in [0.5, 0.6) is 11.5 Å². The van der Waals surface area contributed by atoms with E-state index in [2.05, 4.69) is 0 Å². The maximum absolute atomic E-state index is 13.3. The lowest BCUT2D eigenvalue weighted by Gasteiger charge is -2.33. The van der Waals surface area contributed by atoms with Crippen LogP contribution in [-0.4, -0.2) is 42.0 Å². The third-order valence-electron chi connectivity index (χ3n) is 5.68. The van der Waals surface area contributed by atoms with E-state index >= 15 is 0 Å². The zero-order chi connectivity index (χ0) is 20.7. The number of nitrogens with zero attached hydrogens (tertiary/aromatic N) is 2. The number of amides is 3. The number of benzene rings is 2. The van der Waals surface area contributed by atoms with E-state index in [9.17, 15) is 14.4 Å². The second-order valence-electron chi connectivity index (χ2n) is 7.49. The van der Waals surface area contributed by atoms with Crippen molar-refractivity contribution in [3.05, 3.63) is 59.7 Å². The third-order valence-corrected chi connectivity index (χ3v) is 5.68. The van der Waals surface area contributed by atoms with Crippen molar-refractivity contribution < 1.29 is 23.9 Å². The summed E-state index contributed by atoms with van der Waals surface area (Å²) in [5.74, 6) is 0.243. The Morgan fingerprint density at radius 3 is 2.77 bits per heavy atom. The van der Waals surface area contributed by atoms with Crippen LogP contribution in [0.4, 0.5) is 5.69 Å². The summed E-state index contributed by atoms with van der Waals surface area (Å²) in [7, 11) is 0. The average molecular weight is 404 g/mol. The van der Waals surface area contributed by atoms with Gasteiger partial charge < -0.3 is 14.4 Å². The van der Waals surface area contributed by atoms with Crippen molar-refractivity contribution in [2.45, 2.75) is 25.3 Å². The molecule has 30 heavy (non-hydrogen) atoms. The smallest absolute Gasteiger partial charge is 0.257 e. The van der Waals surface area contributed by atoms with Crippen LogP contribution in [0.15, 0.2) is 48.5 Å². The Kier molecular flexibility index (Phi) is 4.50. The maximum atomic E-state index is 13.3. The first-order valence-electron chi connectivity index (χ1n) is 9.99. The zero-order valence-corrected chi connectivity index (χ0v) is 16.2. The van der Waals surface area contributed by atoms with Crippen molar-refractivity contribution in [1.29, 1.82) is 0 Å². The second kappa shape index (κ2) is 7.33. The van der Waals surface area contributed by atoms with E-state index in [1.54, 1.807) is 47.4 Å². The molecule has 1 unspecified atom stereocenters. The molecule has 0 bridgehead atoms. The van der Waals surface area contributed by atoms with Crippen molar-refractivity contribution in [2.24, 2.45) is 0 Å². The van der Waals surface area contributed by atoms with Gasteiger partial charge in [-0.3, -0.25) is 14.4 Å². The van der Waals surface area contributed by atoms with E-state index in [0.29, 0.717) is 35.7 Å². The van der Waals surface area contributed by atoms with Gasteiger partial charge in [-0.05, 0) is 55.2 Å². The number of para-hydroxylation sites is 1. The molecule has 0 radical (unpaired) electrons. The summed E-state index contributed by atoms with van der Waals surface area (Å²) in [6.07, 6.45) is 5.26. The van der Waals surface area contributed by atoms with Gasteiger partial charge in [0, 0.05) is 12.6 Å². The first-order chi connectivity index (χ1) is 14.6. The molecule has 1 saturated heterocycles. The van der Waals surface area contributed by atoms with Gasteiger partial charge >= 0.3 is 0 Å². The van der Waals surface area contributed by atoms with Crippen LogP contribution in [-0.2, 0) is 9.59 Å². The van der Waals surface area contributed by atoms with Crippen LogP contribution in [0.1, 0.15) is 35.2 Å². The van der Waals surface area contributed by atoms with Gasteiger partial charge in [-0.25, -0.2) is 4.90 Å². The maximum Gasteiger partial charge on any atom is 0.257 e. The van der Waals surface area contributed by atoms with Gasteiger partial charge in [-0.2, -0.15) is 0 Å².